The molecule has 21 heavy (non-hydrogen) atoms. The summed E-state index contributed by atoms with van der Waals surface area (Å²) in [6.07, 6.45) is 2.04. The normalized spacial score (nSPS) is 37.4. The molecule has 0 spiro atoms. The van der Waals surface area contributed by atoms with E-state index in [1.165, 1.54) is 4.90 Å². The van der Waals surface area contributed by atoms with Crippen LogP contribution in [-0.4, -0.2) is 34.5 Å². The zero-order valence-electron chi connectivity index (χ0n) is 11.8. The minimum Gasteiger partial charge on any atom is -0.392 e. The fourth-order valence-corrected chi connectivity index (χ4v) is 4.61. The number of nitrogens with zero attached hydrogens (tertiary/aromatic N) is 1. The first-order chi connectivity index (χ1) is 10.2. The first kappa shape index (κ1) is 13.0. The second-order valence-electron chi connectivity index (χ2n) is 6.51. The first-order valence-corrected chi connectivity index (χ1v) is 7.75. The number of amides is 2. The van der Waals surface area contributed by atoms with Crippen LogP contribution in [0.5, 0.6) is 0 Å². The van der Waals surface area contributed by atoms with E-state index in [-0.39, 0.29) is 35.5 Å². The third-order valence-electron chi connectivity index (χ3n) is 5.59. The number of aliphatic hydroxyl groups is 1. The van der Waals surface area contributed by atoms with E-state index in [1.807, 2.05) is 30.3 Å². The number of carbonyl (C=O) groups is 2. The van der Waals surface area contributed by atoms with Crippen LogP contribution >= 0.6 is 0 Å². The number of hydrogen-bond donors (Lipinski definition) is 1. The minimum absolute atomic E-state index is 0.0122. The Morgan fingerprint density at radius 3 is 2.14 bits per heavy atom. The van der Waals surface area contributed by atoms with Crippen molar-refractivity contribution in [2.24, 2.45) is 23.7 Å². The van der Waals surface area contributed by atoms with Crippen molar-refractivity contribution in [1.82, 2.24) is 4.90 Å². The number of hydrogen-bond acceptors (Lipinski definition) is 3. The highest BCUT2D eigenvalue weighted by molar-refractivity contribution is 6.06. The molecule has 1 saturated heterocycles. The summed E-state index contributed by atoms with van der Waals surface area (Å²) >= 11 is 0. The van der Waals surface area contributed by atoms with Gasteiger partial charge in [0.2, 0.25) is 11.8 Å². The summed E-state index contributed by atoms with van der Waals surface area (Å²) < 4.78 is 0. The summed E-state index contributed by atoms with van der Waals surface area (Å²) in [5.74, 6) is -0.570. The number of likely N-dealkylation sites (tertiary alicyclic amines) is 1. The van der Waals surface area contributed by atoms with E-state index in [9.17, 15) is 14.7 Å². The van der Waals surface area contributed by atoms with Crippen molar-refractivity contribution in [3.05, 3.63) is 35.9 Å². The highest BCUT2D eigenvalue weighted by Crippen LogP contribution is 2.56. The lowest BCUT2D eigenvalue weighted by Crippen LogP contribution is -2.36. The van der Waals surface area contributed by atoms with E-state index in [1.54, 1.807) is 0 Å². The molecule has 1 N–H and O–H groups in total. The van der Waals surface area contributed by atoms with Crippen LogP contribution in [0.4, 0.5) is 0 Å². The molecule has 110 valence electrons. The SMILES string of the molecule is O=C1[C@@H]2[C@H](C(=O)N1CCc1ccccc1)[C@H]1CC[C@@H]2C1O. The smallest absolute Gasteiger partial charge is 0.233 e. The molecule has 4 nitrogen and oxygen atoms in total. The average molecular weight is 285 g/mol. The number of carbonyl (C=O) groups excluding carboxylic acids is 2. The number of aliphatic hydroxyl groups excluding tert-OH is 1. The molecule has 0 aromatic heterocycles. The monoisotopic (exact) mass is 285 g/mol. The van der Waals surface area contributed by atoms with Crippen molar-refractivity contribution in [2.45, 2.75) is 25.4 Å². The Labute approximate surface area is 123 Å². The molecule has 0 radical (unpaired) electrons. The Bertz CT molecular complexity index is 555. The standard InChI is InChI=1S/C17H19NO3/c19-15-11-6-7-12(15)14-13(11)16(20)18(17(14)21)9-8-10-4-2-1-3-5-10/h1-5,11-15,19H,6-9H2/t11-,12+,13-,14+,15?. The molecule has 2 saturated carbocycles. The molecule has 1 aromatic carbocycles. The van der Waals surface area contributed by atoms with Crippen LogP contribution in [0.25, 0.3) is 0 Å². The van der Waals surface area contributed by atoms with Gasteiger partial charge in [-0.2, -0.15) is 0 Å². The molecule has 4 heteroatoms. The van der Waals surface area contributed by atoms with Crippen LogP contribution in [0.15, 0.2) is 30.3 Å². The predicted octanol–water partition coefficient (Wildman–Crippen LogP) is 1.23. The Kier molecular flexibility index (Phi) is 2.89. The molecule has 5 atom stereocenters. The maximum atomic E-state index is 12.5. The van der Waals surface area contributed by atoms with E-state index < -0.39 is 6.10 Å². The van der Waals surface area contributed by atoms with Gasteiger partial charge in [0.1, 0.15) is 0 Å². The van der Waals surface area contributed by atoms with E-state index >= 15 is 0 Å². The van der Waals surface area contributed by atoms with Crippen LogP contribution in [-0.2, 0) is 16.0 Å². The summed E-state index contributed by atoms with van der Waals surface area (Å²) in [5, 5.41) is 10.1. The molecule has 1 aromatic rings. The fourth-order valence-electron chi connectivity index (χ4n) is 4.61. The molecule has 2 amide bonds. The molecule has 1 unspecified atom stereocenters. The van der Waals surface area contributed by atoms with Gasteiger partial charge >= 0.3 is 0 Å². The number of fused-ring (bicyclic) bond motifs is 5. The molecule has 1 aliphatic heterocycles. The van der Waals surface area contributed by atoms with Gasteiger partial charge in [-0.05, 0) is 36.7 Å². The lowest BCUT2D eigenvalue weighted by Gasteiger charge is -2.19. The highest BCUT2D eigenvalue weighted by atomic mass is 16.3. The van der Waals surface area contributed by atoms with Crippen molar-refractivity contribution in [3.8, 4) is 0 Å². The van der Waals surface area contributed by atoms with Crippen molar-refractivity contribution in [1.29, 1.82) is 0 Å². The number of rotatable bonds is 3. The third-order valence-corrected chi connectivity index (χ3v) is 5.59. The van der Waals surface area contributed by atoms with Gasteiger partial charge in [0, 0.05) is 6.54 Å². The van der Waals surface area contributed by atoms with Gasteiger partial charge in [-0.25, -0.2) is 0 Å². The number of benzene rings is 1. The Balaban J connectivity index is 1.51. The maximum Gasteiger partial charge on any atom is 0.233 e. The average Bonchev–Trinajstić information content (AvgIpc) is 3.09. The van der Waals surface area contributed by atoms with Gasteiger partial charge in [0.25, 0.3) is 0 Å². The summed E-state index contributed by atoms with van der Waals surface area (Å²) in [5.41, 5.74) is 1.14. The first-order valence-electron chi connectivity index (χ1n) is 7.75. The van der Waals surface area contributed by atoms with Gasteiger partial charge in [-0.3, -0.25) is 14.5 Å². The van der Waals surface area contributed by atoms with Gasteiger partial charge in [0.05, 0.1) is 17.9 Å². The lowest BCUT2D eigenvalue weighted by atomic mass is 9.81. The Morgan fingerprint density at radius 2 is 1.57 bits per heavy atom. The van der Waals surface area contributed by atoms with Crippen molar-refractivity contribution in [3.63, 3.8) is 0 Å². The summed E-state index contributed by atoms with van der Waals surface area (Å²) in [4.78, 5) is 26.5. The fraction of sp³-hybridized carbons (Fsp3) is 0.529. The van der Waals surface area contributed by atoms with Crippen LogP contribution in [0.1, 0.15) is 18.4 Å². The summed E-state index contributed by atoms with van der Waals surface area (Å²) in [6, 6.07) is 9.92. The van der Waals surface area contributed by atoms with Crippen LogP contribution in [0.3, 0.4) is 0 Å². The second-order valence-corrected chi connectivity index (χ2v) is 6.51. The van der Waals surface area contributed by atoms with Gasteiger partial charge in [0.15, 0.2) is 0 Å². The summed E-state index contributed by atoms with van der Waals surface area (Å²) in [7, 11) is 0. The molecular weight excluding hydrogens is 266 g/mol. The maximum absolute atomic E-state index is 12.5. The Hall–Kier alpha value is -1.68. The molecule has 2 aliphatic carbocycles. The van der Waals surface area contributed by atoms with Crippen LogP contribution in [0.2, 0.25) is 0 Å². The molecule has 2 bridgehead atoms. The highest BCUT2D eigenvalue weighted by Gasteiger charge is 2.64. The number of imide groups is 1. The van der Waals surface area contributed by atoms with Crippen LogP contribution in [0, 0.1) is 23.7 Å². The lowest BCUT2D eigenvalue weighted by molar-refractivity contribution is -0.141. The molecule has 3 fully saturated rings. The van der Waals surface area contributed by atoms with E-state index in [4.69, 9.17) is 0 Å². The zero-order chi connectivity index (χ0) is 14.6. The summed E-state index contributed by atoms with van der Waals surface area (Å²) in [6.45, 7) is 0.463. The van der Waals surface area contributed by atoms with Crippen LogP contribution < -0.4 is 0 Å². The van der Waals surface area contributed by atoms with E-state index in [0.717, 1.165) is 18.4 Å². The molecule has 4 rings (SSSR count). The Morgan fingerprint density at radius 1 is 1.00 bits per heavy atom. The van der Waals surface area contributed by atoms with E-state index in [0.29, 0.717) is 13.0 Å². The predicted molar refractivity (Wildman–Crippen MR) is 76.1 cm³/mol. The van der Waals surface area contributed by atoms with E-state index in [2.05, 4.69) is 0 Å². The van der Waals surface area contributed by atoms with Crippen molar-refractivity contribution >= 4 is 11.8 Å². The molecule has 1 heterocycles. The topological polar surface area (TPSA) is 57.6 Å². The van der Waals surface area contributed by atoms with Crippen molar-refractivity contribution in [2.75, 3.05) is 6.54 Å². The minimum atomic E-state index is -0.441. The molecular formula is C17H19NO3. The van der Waals surface area contributed by atoms with Crippen molar-refractivity contribution < 1.29 is 14.7 Å². The second kappa shape index (κ2) is 4.67. The quantitative estimate of drug-likeness (QED) is 0.850. The third kappa shape index (κ3) is 1.78. The largest absolute Gasteiger partial charge is 0.392 e. The van der Waals surface area contributed by atoms with Gasteiger partial charge in [-0.15, -0.1) is 0 Å². The van der Waals surface area contributed by atoms with Gasteiger partial charge in [-0.1, -0.05) is 30.3 Å². The molecule has 3 aliphatic rings. The van der Waals surface area contributed by atoms with Gasteiger partial charge < -0.3 is 5.11 Å². The zero-order valence-corrected chi connectivity index (χ0v) is 11.8.